The molecular formula is C24H21ClN2O2. The molecule has 0 bridgehead atoms. The van der Waals surface area contributed by atoms with Gasteiger partial charge in [0, 0.05) is 34.3 Å². The van der Waals surface area contributed by atoms with Gasteiger partial charge in [0.2, 0.25) is 0 Å². The van der Waals surface area contributed by atoms with E-state index < -0.39 is 5.92 Å². The van der Waals surface area contributed by atoms with Crippen molar-refractivity contribution in [3.8, 4) is 11.8 Å². The number of methoxy groups -OCH3 is 1. The summed E-state index contributed by atoms with van der Waals surface area (Å²) in [4.78, 5) is 13.3. The average molecular weight is 405 g/mol. The molecule has 0 aromatic heterocycles. The van der Waals surface area contributed by atoms with Gasteiger partial charge in [-0.3, -0.25) is 4.79 Å². The van der Waals surface area contributed by atoms with Gasteiger partial charge in [-0.25, -0.2) is 0 Å². The number of rotatable bonds is 3. The van der Waals surface area contributed by atoms with Crippen LogP contribution in [0.3, 0.4) is 0 Å². The van der Waals surface area contributed by atoms with Crippen LogP contribution in [0.2, 0.25) is 5.02 Å². The number of carbonyl (C=O) groups is 1. The molecule has 1 aliphatic carbocycles. The van der Waals surface area contributed by atoms with E-state index in [1.54, 1.807) is 7.11 Å². The summed E-state index contributed by atoms with van der Waals surface area (Å²) >= 11 is 6.01. The Morgan fingerprint density at radius 2 is 1.76 bits per heavy atom. The van der Waals surface area contributed by atoms with Crippen molar-refractivity contribution in [2.75, 3.05) is 7.11 Å². The summed E-state index contributed by atoms with van der Waals surface area (Å²) in [5.74, 6) is 0.0646. The molecule has 2 aromatic rings. The summed E-state index contributed by atoms with van der Waals surface area (Å²) in [6.45, 7) is 4.08. The van der Waals surface area contributed by atoms with Gasteiger partial charge in [0.15, 0.2) is 5.78 Å². The van der Waals surface area contributed by atoms with Gasteiger partial charge in [-0.1, -0.05) is 42.4 Å². The fraction of sp³-hybridized carbons (Fsp3) is 0.250. The molecule has 5 heteroatoms. The quantitative estimate of drug-likeness (QED) is 0.773. The monoisotopic (exact) mass is 404 g/mol. The number of benzene rings is 2. The number of ether oxygens (including phenoxy) is 1. The van der Waals surface area contributed by atoms with Gasteiger partial charge in [0.05, 0.1) is 19.1 Å². The maximum absolute atomic E-state index is 13.3. The van der Waals surface area contributed by atoms with Crippen molar-refractivity contribution >= 4 is 17.4 Å². The molecule has 1 N–H and O–H groups in total. The maximum Gasteiger partial charge on any atom is 0.161 e. The smallest absolute Gasteiger partial charge is 0.161 e. The lowest BCUT2D eigenvalue weighted by molar-refractivity contribution is -0.116. The molecule has 0 saturated carbocycles. The Morgan fingerprint density at radius 1 is 1.10 bits per heavy atom. The fourth-order valence-corrected chi connectivity index (χ4v) is 4.47. The van der Waals surface area contributed by atoms with Crippen LogP contribution in [-0.4, -0.2) is 12.9 Å². The number of halogens is 1. The molecule has 4 nitrogen and oxygen atoms in total. The largest absolute Gasteiger partial charge is 0.497 e. The predicted molar refractivity (Wildman–Crippen MR) is 113 cm³/mol. The van der Waals surface area contributed by atoms with Crippen LogP contribution in [-0.2, 0) is 4.79 Å². The number of nitriles is 1. The number of Topliss-reactive ketones (excluding diaryl/α,β-unsaturated/α-hetero) is 1. The lowest BCUT2D eigenvalue weighted by atomic mass is 9.69. The summed E-state index contributed by atoms with van der Waals surface area (Å²) < 4.78 is 5.25. The van der Waals surface area contributed by atoms with Crippen LogP contribution in [0.5, 0.6) is 5.75 Å². The van der Waals surface area contributed by atoms with E-state index in [1.807, 2.05) is 48.5 Å². The summed E-state index contributed by atoms with van der Waals surface area (Å²) in [5.41, 5.74) is 4.23. The number of carbonyl (C=O) groups excluding carboxylic acids is 1. The van der Waals surface area contributed by atoms with Gasteiger partial charge in [0.1, 0.15) is 5.75 Å². The first-order valence-corrected chi connectivity index (χ1v) is 9.90. The third-order valence-electron chi connectivity index (χ3n) is 5.79. The van der Waals surface area contributed by atoms with Crippen molar-refractivity contribution in [1.82, 2.24) is 5.32 Å². The van der Waals surface area contributed by atoms with Gasteiger partial charge < -0.3 is 10.1 Å². The second-order valence-corrected chi connectivity index (χ2v) is 7.92. The van der Waals surface area contributed by atoms with E-state index in [4.69, 9.17) is 16.3 Å². The summed E-state index contributed by atoms with van der Waals surface area (Å²) in [7, 11) is 1.61. The molecule has 2 aromatic carbocycles. The zero-order chi connectivity index (χ0) is 20.5. The standard InChI is InChI=1S/C24H21ClN2O2/c1-14-20(13-26)23(16-5-9-19(29-2)10-6-16)24-21(27-14)11-17(12-22(24)28)15-3-7-18(25)8-4-15/h3-10,17,20,23,27H,1,11-12H2,2H3. The first-order chi connectivity index (χ1) is 14.0. The van der Waals surface area contributed by atoms with Crippen LogP contribution < -0.4 is 10.1 Å². The van der Waals surface area contributed by atoms with E-state index in [9.17, 15) is 10.1 Å². The summed E-state index contributed by atoms with van der Waals surface area (Å²) in [6, 6.07) is 17.6. The molecule has 3 atom stereocenters. The van der Waals surface area contributed by atoms with E-state index in [2.05, 4.69) is 18.0 Å². The Labute approximate surface area is 175 Å². The van der Waals surface area contributed by atoms with Gasteiger partial charge in [-0.15, -0.1) is 0 Å². The van der Waals surface area contributed by atoms with Crippen LogP contribution in [0.15, 0.2) is 72.1 Å². The Morgan fingerprint density at radius 3 is 2.38 bits per heavy atom. The van der Waals surface area contributed by atoms with Gasteiger partial charge in [0.25, 0.3) is 0 Å². The van der Waals surface area contributed by atoms with Gasteiger partial charge in [-0.2, -0.15) is 5.26 Å². The van der Waals surface area contributed by atoms with E-state index >= 15 is 0 Å². The summed E-state index contributed by atoms with van der Waals surface area (Å²) in [6.07, 6.45) is 1.12. The second kappa shape index (κ2) is 7.77. The molecule has 0 saturated heterocycles. The van der Waals surface area contributed by atoms with Crippen LogP contribution >= 0.6 is 11.6 Å². The zero-order valence-corrected chi connectivity index (χ0v) is 16.9. The Balaban J connectivity index is 1.75. The SMILES string of the molecule is C=C1NC2=C(C(=O)CC(c3ccc(Cl)cc3)C2)C(c2ccc(OC)cc2)C1C#N. The Bertz CT molecular complexity index is 1030. The number of ketones is 1. The fourth-order valence-electron chi connectivity index (χ4n) is 4.34. The molecule has 3 unspecified atom stereocenters. The van der Waals surface area contributed by atoms with Crippen molar-refractivity contribution in [3.63, 3.8) is 0 Å². The molecule has 1 heterocycles. The van der Waals surface area contributed by atoms with Crippen molar-refractivity contribution in [3.05, 3.63) is 88.2 Å². The van der Waals surface area contributed by atoms with Crippen LogP contribution in [0.25, 0.3) is 0 Å². The molecule has 0 spiro atoms. The number of hydrogen-bond donors (Lipinski definition) is 1. The predicted octanol–water partition coefficient (Wildman–Crippen LogP) is 5.09. The minimum atomic E-state index is -0.502. The molecule has 0 radical (unpaired) electrons. The van der Waals surface area contributed by atoms with Crippen LogP contribution in [0.4, 0.5) is 0 Å². The minimum absolute atomic E-state index is 0.0762. The lowest BCUT2D eigenvalue weighted by Gasteiger charge is -2.38. The highest BCUT2D eigenvalue weighted by Crippen LogP contribution is 2.46. The highest BCUT2D eigenvalue weighted by atomic mass is 35.5. The molecule has 0 amide bonds. The number of nitrogens with zero attached hydrogens (tertiary/aromatic N) is 1. The Hall–Kier alpha value is -3.03. The lowest BCUT2D eigenvalue weighted by Crippen LogP contribution is -2.38. The van der Waals surface area contributed by atoms with E-state index in [0.29, 0.717) is 29.1 Å². The van der Waals surface area contributed by atoms with Crippen LogP contribution in [0.1, 0.15) is 35.8 Å². The maximum atomic E-state index is 13.3. The zero-order valence-electron chi connectivity index (χ0n) is 16.1. The first kappa shape index (κ1) is 19.3. The van der Waals surface area contributed by atoms with Crippen molar-refractivity contribution in [2.24, 2.45) is 5.92 Å². The topological polar surface area (TPSA) is 62.1 Å². The average Bonchev–Trinajstić information content (AvgIpc) is 2.73. The van der Waals surface area contributed by atoms with Crippen molar-refractivity contribution in [2.45, 2.75) is 24.7 Å². The number of hydrogen-bond acceptors (Lipinski definition) is 4. The summed E-state index contributed by atoms with van der Waals surface area (Å²) in [5, 5.41) is 13.8. The van der Waals surface area contributed by atoms with Crippen molar-refractivity contribution in [1.29, 1.82) is 5.26 Å². The van der Waals surface area contributed by atoms with E-state index in [1.165, 1.54) is 0 Å². The van der Waals surface area contributed by atoms with E-state index in [-0.39, 0.29) is 17.6 Å². The molecule has 0 fully saturated rings. The van der Waals surface area contributed by atoms with Gasteiger partial charge >= 0.3 is 0 Å². The normalized spacial score (nSPS) is 23.8. The highest BCUT2D eigenvalue weighted by molar-refractivity contribution is 6.30. The molecule has 4 rings (SSSR count). The second-order valence-electron chi connectivity index (χ2n) is 7.48. The minimum Gasteiger partial charge on any atom is -0.497 e. The third-order valence-corrected chi connectivity index (χ3v) is 6.05. The van der Waals surface area contributed by atoms with Crippen LogP contribution in [0, 0.1) is 17.2 Å². The Kier molecular flexibility index (Phi) is 5.17. The van der Waals surface area contributed by atoms with Crippen molar-refractivity contribution < 1.29 is 9.53 Å². The first-order valence-electron chi connectivity index (χ1n) is 9.53. The number of nitrogens with one attached hydrogen (secondary N) is 1. The number of allylic oxidation sites excluding steroid dienone is 3. The molecule has 2 aliphatic rings. The molecule has 1 aliphatic heterocycles. The molecular weight excluding hydrogens is 384 g/mol. The van der Waals surface area contributed by atoms with E-state index in [0.717, 1.165) is 22.6 Å². The third kappa shape index (κ3) is 3.54. The molecule has 29 heavy (non-hydrogen) atoms. The molecule has 146 valence electrons. The van der Waals surface area contributed by atoms with Gasteiger partial charge in [-0.05, 0) is 47.7 Å². The highest BCUT2D eigenvalue weighted by Gasteiger charge is 2.42.